The minimum absolute atomic E-state index is 0.297. The van der Waals surface area contributed by atoms with Crippen LogP contribution in [-0.4, -0.2) is 39.0 Å². The molecule has 6 heteroatoms. The van der Waals surface area contributed by atoms with Gasteiger partial charge in [0.1, 0.15) is 0 Å². The van der Waals surface area contributed by atoms with Crippen molar-refractivity contribution in [2.45, 2.75) is 37.5 Å². The Morgan fingerprint density at radius 1 is 1.18 bits per heavy atom. The van der Waals surface area contributed by atoms with Crippen LogP contribution in [0, 0.1) is 5.92 Å². The predicted molar refractivity (Wildman–Crippen MR) is 83.8 cm³/mol. The summed E-state index contributed by atoms with van der Waals surface area (Å²) in [5, 5.41) is 0. The van der Waals surface area contributed by atoms with Crippen molar-refractivity contribution in [3.63, 3.8) is 0 Å². The summed E-state index contributed by atoms with van der Waals surface area (Å²) in [6.07, 6.45) is 3.89. The monoisotopic (exact) mass is 325 g/mol. The van der Waals surface area contributed by atoms with Gasteiger partial charge in [0.2, 0.25) is 10.0 Å². The largest absolute Gasteiger partial charge is 0.490 e. The molecule has 0 radical (unpaired) electrons. The van der Waals surface area contributed by atoms with Gasteiger partial charge in [-0.3, -0.25) is 0 Å². The van der Waals surface area contributed by atoms with E-state index in [0.29, 0.717) is 48.6 Å². The van der Waals surface area contributed by atoms with Crippen molar-refractivity contribution in [3.05, 3.63) is 18.2 Å². The summed E-state index contributed by atoms with van der Waals surface area (Å²) in [5.74, 6) is 1.68. The first kappa shape index (κ1) is 15.6. The van der Waals surface area contributed by atoms with E-state index in [1.165, 1.54) is 0 Å². The molecule has 0 atom stereocenters. The predicted octanol–water partition coefficient (Wildman–Crippen LogP) is 2.66. The van der Waals surface area contributed by atoms with Gasteiger partial charge in [-0.05, 0) is 37.3 Å². The van der Waals surface area contributed by atoms with E-state index in [2.05, 4.69) is 0 Å². The lowest BCUT2D eigenvalue weighted by Gasteiger charge is -2.22. The van der Waals surface area contributed by atoms with Crippen molar-refractivity contribution in [2.24, 2.45) is 5.92 Å². The molecular formula is C16H23NO4S. The van der Waals surface area contributed by atoms with Gasteiger partial charge < -0.3 is 9.47 Å². The molecule has 1 aliphatic carbocycles. The molecule has 1 heterocycles. The minimum Gasteiger partial charge on any atom is -0.490 e. The Morgan fingerprint density at radius 2 is 1.91 bits per heavy atom. The van der Waals surface area contributed by atoms with E-state index in [1.807, 2.05) is 6.92 Å². The van der Waals surface area contributed by atoms with Gasteiger partial charge in [-0.15, -0.1) is 0 Å². The highest BCUT2D eigenvalue weighted by molar-refractivity contribution is 7.89. The van der Waals surface area contributed by atoms with Crippen LogP contribution in [0.3, 0.4) is 0 Å². The van der Waals surface area contributed by atoms with Gasteiger partial charge in [0.15, 0.2) is 11.5 Å². The third-order valence-corrected chi connectivity index (χ3v) is 5.85. The maximum Gasteiger partial charge on any atom is 0.243 e. The van der Waals surface area contributed by atoms with Crippen LogP contribution >= 0.6 is 0 Å². The molecule has 1 fully saturated rings. The van der Waals surface area contributed by atoms with E-state index in [0.717, 1.165) is 25.7 Å². The molecule has 0 unspecified atom stereocenters. The summed E-state index contributed by atoms with van der Waals surface area (Å²) in [7, 11) is -3.47. The number of nitrogens with zero attached hydrogens (tertiary/aromatic N) is 1. The van der Waals surface area contributed by atoms with Crippen LogP contribution in [0.5, 0.6) is 11.5 Å². The Hall–Kier alpha value is -1.27. The van der Waals surface area contributed by atoms with Crippen LogP contribution < -0.4 is 9.47 Å². The molecule has 0 saturated heterocycles. The van der Waals surface area contributed by atoms with E-state index in [-0.39, 0.29) is 0 Å². The summed E-state index contributed by atoms with van der Waals surface area (Å²) in [6, 6.07) is 4.93. The van der Waals surface area contributed by atoms with Crippen LogP contribution in [0.1, 0.15) is 32.6 Å². The zero-order valence-corrected chi connectivity index (χ0v) is 13.8. The highest BCUT2D eigenvalue weighted by Crippen LogP contribution is 2.35. The maximum atomic E-state index is 12.9. The fourth-order valence-corrected chi connectivity index (χ4v) is 4.22. The summed E-state index contributed by atoms with van der Waals surface area (Å²) < 4.78 is 38.6. The molecule has 122 valence electrons. The molecule has 5 nitrogen and oxygen atoms in total. The molecular weight excluding hydrogens is 302 g/mol. The lowest BCUT2D eigenvalue weighted by Crippen LogP contribution is -2.33. The molecule has 0 amide bonds. The Kier molecular flexibility index (Phi) is 4.59. The highest BCUT2D eigenvalue weighted by atomic mass is 32.2. The van der Waals surface area contributed by atoms with E-state index in [4.69, 9.17) is 9.47 Å². The van der Waals surface area contributed by atoms with Crippen molar-refractivity contribution in [1.82, 2.24) is 4.31 Å². The van der Waals surface area contributed by atoms with E-state index < -0.39 is 10.0 Å². The zero-order valence-electron chi connectivity index (χ0n) is 13.0. The van der Waals surface area contributed by atoms with E-state index in [1.54, 1.807) is 22.5 Å². The van der Waals surface area contributed by atoms with Crippen molar-refractivity contribution < 1.29 is 17.9 Å². The Bertz CT molecular complexity index is 625. The molecule has 1 aliphatic heterocycles. The van der Waals surface area contributed by atoms with Crippen molar-refractivity contribution in [3.8, 4) is 11.5 Å². The molecule has 22 heavy (non-hydrogen) atoms. The topological polar surface area (TPSA) is 55.8 Å². The minimum atomic E-state index is -3.47. The Labute approximate surface area is 132 Å². The van der Waals surface area contributed by atoms with Crippen molar-refractivity contribution in [2.75, 3.05) is 26.3 Å². The smallest absolute Gasteiger partial charge is 0.243 e. The molecule has 1 aromatic carbocycles. The van der Waals surface area contributed by atoms with Crippen molar-refractivity contribution in [1.29, 1.82) is 0 Å². The molecule has 1 saturated carbocycles. The van der Waals surface area contributed by atoms with Crippen LogP contribution in [0.2, 0.25) is 0 Å². The summed E-state index contributed by atoms with van der Waals surface area (Å²) >= 11 is 0. The lowest BCUT2D eigenvalue weighted by atomic mass is 10.3. The summed E-state index contributed by atoms with van der Waals surface area (Å²) in [6.45, 7) is 4.35. The Morgan fingerprint density at radius 3 is 2.59 bits per heavy atom. The third-order valence-electron chi connectivity index (χ3n) is 3.99. The number of hydrogen-bond acceptors (Lipinski definition) is 4. The van der Waals surface area contributed by atoms with Gasteiger partial charge in [0.25, 0.3) is 0 Å². The standard InChI is InChI=1S/C16H23NO4S/c1-2-8-17(12-13-4-5-13)22(18,19)14-6-7-15-16(11-14)21-10-3-9-20-15/h6-7,11,13H,2-5,8-10,12H2,1H3. The van der Waals surface area contributed by atoms with Gasteiger partial charge in [-0.1, -0.05) is 6.92 Å². The van der Waals surface area contributed by atoms with Crippen LogP contribution in [0.15, 0.2) is 23.1 Å². The third kappa shape index (κ3) is 3.38. The molecule has 1 aromatic rings. The first-order valence-electron chi connectivity index (χ1n) is 8.01. The van der Waals surface area contributed by atoms with Crippen LogP contribution in [-0.2, 0) is 10.0 Å². The number of sulfonamides is 1. The fraction of sp³-hybridized carbons (Fsp3) is 0.625. The second-order valence-electron chi connectivity index (χ2n) is 5.97. The first-order chi connectivity index (χ1) is 10.6. The summed E-state index contributed by atoms with van der Waals surface area (Å²) in [4.78, 5) is 0.297. The highest BCUT2D eigenvalue weighted by Gasteiger charge is 2.31. The quantitative estimate of drug-likeness (QED) is 0.807. The lowest BCUT2D eigenvalue weighted by molar-refractivity contribution is 0.296. The average Bonchev–Trinajstić information content (AvgIpc) is 3.32. The SMILES string of the molecule is CCCN(CC1CC1)S(=O)(=O)c1ccc2c(c1)OCCCO2. The van der Waals surface area contributed by atoms with Crippen molar-refractivity contribution >= 4 is 10.0 Å². The number of fused-ring (bicyclic) bond motifs is 1. The molecule has 3 rings (SSSR count). The van der Waals surface area contributed by atoms with Gasteiger partial charge in [0, 0.05) is 25.6 Å². The van der Waals surface area contributed by atoms with Gasteiger partial charge in [-0.2, -0.15) is 4.31 Å². The number of hydrogen-bond donors (Lipinski definition) is 0. The normalized spacial score (nSPS) is 18.3. The van der Waals surface area contributed by atoms with Gasteiger partial charge >= 0.3 is 0 Å². The van der Waals surface area contributed by atoms with Crippen LogP contribution in [0.4, 0.5) is 0 Å². The fourth-order valence-electron chi connectivity index (χ4n) is 2.60. The average molecular weight is 325 g/mol. The van der Waals surface area contributed by atoms with Gasteiger partial charge in [0.05, 0.1) is 18.1 Å². The van der Waals surface area contributed by atoms with E-state index >= 15 is 0 Å². The molecule has 0 spiro atoms. The number of rotatable bonds is 6. The van der Waals surface area contributed by atoms with E-state index in [9.17, 15) is 8.42 Å². The first-order valence-corrected chi connectivity index (χ1v) is 9.45. The zero-order chi connectivity index (χ0) is 15.6. The Balaban J connectivity index is 1.88. The molecule has 0 N–H and O–H groups in total. The molecule has 0 bridgehead atoms. The van der Waals surface area contributed by atoms with Crippen LogP contribution in [0.25, 0.3) is 0 Å². The molecule has 2 aliphatic rings. The van der Waals surface area contributed by atoms with Gasteiger partial charge in [-0.25, -0.2) is 8.42 Å². The second kappa shape index (κ2) is 6.46. The maximum absolute atomic E-state index is 12.9. The number of ether oxygens (including phenoxy) is 2. The molecule has 0 aromatic heterocycles. The number of benzene rings is 1. The summed E-state index contributed by atoms with van der Waals surface area (Å²) in [5.41, 5.74) is 0. The second-order valence-corrected chi connectivity index (χ2v) is 7.90.